The van der Waals surface area contributed by atoms with Crippen molar-refractivity contribution < 1.29 is 65.0 Å². The summed E-state index contributed by atoms with van der Waals surface area (Å²) in [5.41, 5.74) is 2.50. The fourth-order valence-corrected chi connectivity index (χ4v) is 5.97. The summed E-state index contributed by atoms with van der Waals surface area (Å²) in [6.07, 6.45) is -3.77. The SMILES string of the molecule is Nc1ncc2ncn([C@@H]3O[C@H](COP(=O)(O)OP(=O)(O)OP(=O)(O)O)C(O)[C@]3(F)C#CCF)c2n1. The lowest BCUT2D eigenvalue weighted by atomic mass is 9.96. The van der Waals surface area contributed by atoms with Gasteiger partial charge in [0.15, 0.2) is 11.9 Å². The van der Waals surface area contributed by atoms with Gasteiger partial charge in [0, 0.05) is 0 Å². The molecule has 2 aromatic rings. The van der Waals surface area contributed by atoms with Crippen LogP contribution in [0.4, 0.5) is 14.7 Å². The van der Waals surface area contributed by atoms with Crippen LogP contribution in [0.25, 0.3) is 11.2 Å². The number of nitrogens with two attached hydrogens (primary N) is 1. The van der Waals surface area contributed by atoms with Crippen molar-refractivity contribution in [3.63, 3.8) is 0 Å². The average molecular weight is 565 g/mol. The molecule has 6 atom stereocenters. The molecule has 7 N–H and O–H groups in total. The molecule has 0 spiro atoms. The number of hydrogen-bond donors (Lipinski definition) is 6. The van der Waals surface area contributed by atoms with E-state index in [1.54, 1.807) is 5.92 Å². The Morgan fingerprint density at radius 2 is 1.89 bits per heavy atom. The highest BCUT2D eigenvalue weighted by Gasteiger charge is 2.58. The van der Waals surface area contributed by atoms with E-state index < -0.39 is 60.9 Å². The molecule has 1 aliphatic rings. The Bertz CT molecular complexity index is 1310. The highest BCUT2D eigenvalue weighted by atomic mass is 31.3. The molecule has 3 unspecified atom stereocenters. The van der Waals surface area contributed by atoms with E-state index in [0.29, 0.717) is 0 Å². The number of aliphatic hydroxyl groups excluding tert-OH is 1. The monoisotopic (exact) mass is 565 g/mol. The Hall–Kier alpha value is -1.90. The lowest BCUT2D eigenvalue weighted by Crippen LogP contribution is -2.42. The number of imidazole rings is 1. The van der Waals surface area contributed by atoms with Crippen LogP contribution in [0.15, 0.2) is 12.5 Å². The van der Waals surface area contributed by atoms with Gasteiger partial charge in [-0.3, -0.25) is 9.09 Å². The normalized spacial score (nSPS) is 28.3. The summed E-state index contributed by atoms with van der Waals surface area (Å²) in [4.78, 5) is 47.3. The summed E-state index contributed by atoms with van der Waals surface area (Å²) in [5.74, 6) is 3.44. The summed E-state index contributed by atoms with van der Waals surface area (Å²) in [5, 5.41) is 10.5. The first-order valence-corrected chi connectivity index (χ1v) is 13.4. The molecular weight excluding hydrogens is 549 g/mol. The molecule has 35 heavy (non-hydrogen) atoms. The van der Waals surface area contributed by atoms with Crippen LogP contribution in [0.5, 0.6) is 0 Å². The number of aliphatic hydroxyl groups is 1. The highest BCUT2D eigenvalue weighted by Crippen LogP contribution is 2.66. The van der Waals surface area contributed by atoms with Crippen LogP contribution in [0.1, 0.15) is 6.23 Å². The van der Waals surface area contributed by atoms with Gasteiger partial charge in [-0.15, -0.1) is 0 Å². The van der Waals surface area contributed by atoms with E-state index in [2.05, 4.69) is 28.1 Å². The highest BCUT2D eigenvalue weighted by molar-refractivity contribution is 7.66. The first-order valence-electron chi connectivity index (χ1n) is 8.89. The number of halogens is 2. The topological polar surface area (TPSA) is 259 Å². The summed E-state index contributed by atoms with van der Waals surface area (Å²) < 4.78 is 80.3. The standard InChI is InChI=1S/C13H16F2N5O12P3/c14-3-1-2-13(15)9(21)8(5-29-34(25,26)32-35(27,28)31-33(22,23)24)30-11(13)20-6-18-7-4-17-12(16)19-10(7)20/h4,6,8-9,11,21H,3,5H2,(H,25,26)(H,27,28)(H2,16,17,19)(H2,22,23,24)/t8-,9?,11-,13-/m1/s1. The third kappa shape index (κ3) is 6.46. The first-order chi connectivity index (χ1) is 16.1. The Balaban J connectivity index is 1.85. The van der Waals surface area contributed by atoms with Gasteiger partial charge in [-0.1, -0.05) is 11.8 Å². The number of phosphoric acid groups is 3. The maximum atomic E-state index is 15.8. The lowest BCUT2D eigenvalue weighted by Gasteiger charge is -2.23. The summed E-state index contributed by atoms with van der Waals surface area (Å²) in [6, 6.07) is 0. The largest absolute Gasteiger partial charge is 0.490 e. The molecule has 0 amide bonds. The predicted octanol–water partition coefficient (Wildman–Crippen LogP) is -0.309. The van der Waals surface area contributed by atoms with Gasteiger partial charge >= 0.3 is 23.5 Å². The second-order valence-electron chi connectivity index (χ2n) is 6.65. The van der Waals surface area contributed by atoms with Gasteiger partial charge in [0.2, 0.25) is 11.6 Å². The van der Waals surface area contributed by atoms with Gasteiger partial charge < -0.3 is 35.2 Å². The van der Waals surface area contributed by atoms with E-state index in [4.69, 9.17) is 20.3 Å². The number of alkyl halides is 2. The molecule has 0 saturated carbocycles. The number of ether oxygens (including phenoxy) is 1. The number of nitrogen functional groups attached to an aromatic ring is 1. The molecule has 22 heteroatoms. The van der Waals surface area contributed by atoms with Gasteiger partial charge in [0.25, 0.3) is 0 Å². The van der Waals surface area contributed by atoms with Crippen LogP contribution in [0.3, 0.4) is 0 Å². The van der Waals surface area contributed by atoms with E-state index in [-0.39, 0.29) is 17.1 Å². The molecule has 1 saturated heterocycles. The van der Waals surface area contributed by atoms with E-state index in [1.807, 2.05) is 5.92 Å². The van der Waals surface area contributed by atoms with Gasteiger partial charge in [0.05, 0.1) is 19.1 Å². The molecular formula is C13H16F2N5O12P3. The minimum atomic E-state index is -5.82. The zero-order chi connectivity index (χ0) is 26.2. The minimum Gasteiger partial charge on any atom is -0.386 e. The fraction of sp³-hybridized carbons (Fsp3) is 0.462. The molecule has 3 heterocycles. The second kappa shape index (κ2) is 9.87. The summed E-state index contributed by atoms with van der Waals surface area (Å²) >= 11 is 0. The molecule has 3 rings (SSSR count). The van der Waals surface area contributed by atoms with Crippen LogP contribution in [0.2, 0.25) is 0 Å². The van der Waals surface area contributed by atoms with Crippen LogP contribution in [-0.4, -0.2) is 75.4 Å². The third-order valence-electron chi connectivity index (χ3n) is 4.20. The second-order valence-corrected chi connectivity index (χ2v) is 11.1. The van der Waals surface area contributed by atoms with Crippen molar-refractivity contribution in [2.45, 2.75) is 24.1 Å². The van der Waals surface area contributed by atoms with E-state index >= 15 is 4.39 Å². The van der Waals surface area contributed by atoms with Crippen molar-refractivity contribution in [3.8, 4) is 11.8 Å². The Morgan fingerprint density at radius 1 is 1.20 bits per heavy atom. The molecule has 0 radical (unpaired) electrons. The van der Waals surface area contributed by atoms with E-state index in [1.165, 1.54) is 6.20 Å². The third-order valence-corrected chi connectivity index (χ3v) is 8.00. The molecule has 0 aliphatic carbocycles. The van der Waals surface area contributed by atoms with Crippen molar-refractivity contribution in [2.24, 2.45) is 0 Å². The van der Waals surface area contributed by atoms with Gasteiger partial charge in [-0.05, 0) is 0 Å². The molecule has 1 fully saturated rings. The smallest absolute Gasteiger partial charge is 0.386 e. The zero-order valence-electron chi connectivity index (χ0n) is 16.9. The molecule has 17 nitrogen and oxygen atoms in total. The summed E-state index contributed by atoms with van der Waals surface area (Å²) in [6.45, 7) is -2.51. The number of phosphoric ester groups is 1. The van der Waals surface area contributed by atoms with E-state index in [0.717, 1.165) is 10.9 Å². The fourth-order valence-electron chi connectivity index (χ4n) is 2.94. The number of aromatic nitrogens is 4. The van der Waals surface area contributed by atoms with Crippen LogP contribution in [0, 0.1) is 11.8 Å². The molecule has 2 aromatic heterocycles. The number of hydrogen-bond acceptors (Lipinski definition) is 12. The quantitative estimate of drug-likeness (QED) is 0.177. The average Bonchev–Trinajstić information content (AvgIpc) is 3.21. The van der Waals surface area contributed by atoms with Crippen molar-refractivity contribution in [2.75, 3.05) is 19.0 Å². The molecule has 194 valence electrons. The van der Waals surface area contributed by atoms with Crippen LogP contribution in [-0.2, 0) is 31.6 Å². The number of nitrogens with zero attached hydrogens (tertiary/aromatic N) is 4. The number of fused-ring (bicyclic) bond motifs is 1. The first kappa shape index (κ1) is 27.7. The number of rotatable bonds is 8. The minimum absolute atomic E-state index is 0.0766. The van der Waals surface area contributed by atoms with Crippen LogP contribution < -0.4 is 5.73 Å². The van der Waals surface area contributed by atoms with Crippen molar-refractivity contribution in [1.82, 2.24) is 19.5 Å². The maximum Gasteiger partial charge on any atom is 0.490 e. The maximum absolute atomic E-state index is 15.8. The number of anilines is 1. The Kier molecular flexibility index (Phi) is 7.80. The Labute approximate surface area is 193 Å². The van der Waals surface area contributed by atoms with Gasteiger partial charge in [-0.25, -0.2) is 32.4 Å². The van der Waals surface area contributed by atoms with Crippen molar-refractivity contribution >= 4 is 40.6 Å². The Morgan fingerprint density at radius 3 is 2.51 bits per heavy atom. The molecule has 0 bridgehead atoms. The zero-order valence-corrected chi connectivity index (χ0v) is 19.5. The van der Waals surface area contributed by atoms with Crippen molar-refractivity contribution in [1.29, 1.82) is 0 Å². The lowest BCUT2D eigenvalue weighted by molar-refractivity contribution is -0.0496. The molecule has 1 aliphatic heterocycles. The van der Waals surface area contributed by atoms with Crippen LogP contribution >= 0.6 is 23.5 Å². The van der Waals surface area contributed by atoms with Gasteiger partial charge in [-0.2, -0.15) is 13.6 Å². The van der Waals surface area contributed by atoms with Crippen molar-refractivity contribution in [3.05, 3.63) is 12.5 Å². The summed E-state index contributed by atoms with van der Waals surface area (Å²) in [7, 11) is -17.1. The van der Waals surface area contributed by atoms with Gasteiger partial charge in [0.1, 0.15) is 24.4 Å². The predicted molar refractivity (Wildman–Crippen MR) is 107 cm³/mol. The van der Waals surface area contributed by atoms with E-state index in [9.17, 15) is 33.0 Å². The molecule has 0 aromatic carbocycles.